The highest BCUT2D eigenvalue weighted by molar-refractivity contribution is 8.00. The fourth-order valence-corrected chi connectivity index (χ4v) is 4.08. The van der Waals surface area contributed by atoms with E-state index < -0.39 is 0 Å². The molecule has 0 fully saturated rings. The molecule has 3 aromatic rings. The predicted octanol–water partition coefficient (Wildman–Crippen LogP) is 3.66. The Morgan fingerprint density at radius 3 is 2.70 bits per heavy atom. The summed E-state index contributed by atoms with van der Waals surface area (Å²) in [4.78, 5) is 0.751. The van der Waals surface area contributed by atoms with E-state index in [1.807, 2.05) is 0 Å². The molecule has 2 N–H and O–H groups in total. The monoisotopic (exact) mass is 351 g/mol. The molecule has 122 valence electrons. The Balaban J connectivity index is 1.73. The molecular weight excluding hydrogens is 333 g/mol. The minimum Gasteiger partial charge on any atom is -0.321 e. The molecule has 0 saturated carbocycles. The molecule has 2 aromatic heterocycles. The van der Waals surface area contributed by atoms with E-state index in [-0.39, 0.29) is 11.9 Å². The van der Waals surface area contributed by atoms with Crippen LogP contribution in [0.5, 0.6) is 0 Å². The van der Waals surface area contributed by atoms with Gasteiger partial charge in [-0.25, -0.2) is 4.39 Å². The maximum absolute atomic E-state index is 12.9. The lowest BCUT2D eigenvalue weighted by Crippen LogP contribution is -2.16. The molecule has 1 atom stereocenters. The second-order valence-electron chi connectivity index (χ2n) is 5.77. The average Bonchev–Trinajstić information content (AvgIpc) is 3.05. The molecule has 3 rings (SSSR count). The fraction of sp³-hybridized carbons (Fsp3) is 0.400. The SMILES string of the molecule is CC(C)C[C@H](N)c1nnc2sc(SCc3ccc(F)cc3)nn12. The van der Waals surface area contributed by atoms with Gasteiger partial charge in [0.2, 0.25) is 4.96 Å². The summed E-state index contributed by atoms with van der Waals surface area (Å²) in [6.45, 7) is 4.26. The number of nitrogens with two attached hydrogens (primary N) is 1. The first-order valence-corrected chi connectivity index (χ1v) is 9.18. The molecule has 0 unspecified atom stereocenters. The Morgan fingerprint density at radius 2 is 2.00 bits per heavy atom. The van der Waals surface area contributed by atoms with Crippen LogP contribution in [0.25, 0.3) is 4.96 Å². The molecule has 0 aliphatic rings. The number of nitrogens with zero attached hydrogens (tertiary/aromatic N) is 4. The van der Waals surface area contributed by atoms with Crippen LogP contribution in [-0.4, -0.2) is 19.8 Å². The molecule has 5 nitrogen and oxygen atoms in total. The first kappa shape index (κ1) is 16.4. The molecular formula is C15H18FN5S2. The van der Waals surface area contributed by atoms with Crippen LogP contribution in [0.1, 0.15) is 37.7 Å². The van der Waals surface area contributed by atoms with E-state index >= 15 is 0 Å². The van der Waals surface area contributed by atoms with Crippen molar-refractivity contribution in [2.24, 2.45) is 11.7 Å². The van der Waals surface area contributed by atoms with Gasteiger partial charge in [-0.3, -0.25) is 0 Å². The van der Waals surface area contributed by atoms with Crippen molar-refractivity contribution in [3.63, 3.8) is 0 Å². The molecule has 0 amide bonds. The van der Waals surface area contributed by atoms with E-state index in [9.17, 15) is 4.39 Å². The quantitative estimate of drug-likeness (QED) is 0.686. The smallest absolute Gasteiger partial charge is 0.235 e. The van der Waals surface area contributed by atoms with Crippen LogP contribution >= 0.6 is 23.1 Å². The Hall–Kier alpha value is -1.51. The van der Waals surface area contributed by atoms with E-state index in [1.165, 1.54) is 23.5 Å². The second kappa shape index (κ2) is 6.94. The van der Waals surface area contributed by atoms with Gasteiger partial charge in [0, 0.05) is 5.75 Å². The van der Waals surface area contributed by atoms with Crippen molar-refractivity contribution < 1.29 is 4.39 Å². The number of hydrogen-bond donors (Lipinski definition) is 1. The Labute approximate surface area is 142 Å². The molecule has 0 saturated heterocycles. The number of thioether (sulfide) groups is 1. The van der Waals surface area contributed by atoms with Crippen molar-refractivity contribution in [2.75, 3.05) is 0 Å². The first-order chi connectivity index (χ1) is 11.0. The average molecular weight is 351 g/mol. The minimum atomic E-state index is -0.221. The predicted molar refractivity (Wildman–Crippen MR) is 91.0 cm³/mol. The van der Waals surface area contributed by atoms with Crippen LogP contribution in [0.15, 0.2) is 28.6 Å². The van der Waals surface area contributed by atoms with Crippen molar-refractivity contribution >= 4 is 28.1 Å². The van der Waals surface area contributed by atoms with Gasteiger partial charge in [-0.15, -0.1) is 15.3 Å². The molecule has 1 aromatic carbocycles. The summed E-state index contributed by atoms with van der Waals surface area (Å²) in [6, 6.07) is 6.34. The molecule has 23 heavy (non-hydrogen) atoms. The standard InChI is InChI=1S/C15H18FN5S2/c1-9(2)7-12(17)13-18-19-14-21(13)20-15(23-14)22-8-10-3-5-11(16)6-4-10/h3-6,9,12H,7-8,17H2,1-2H3/t12-/m0/s1. The van der Waals surface area contributed by atoms with Gasteiger partial charge in [0.05, 0.1) is 6.04 Å². The molecule has 0 spiro atoms. The normalized spacial score (nSPS) is 13.1. The first-order valence-electron chi connectivity index (χ1n) is 7.38. The van der Waals surface area contributed by atoms with Gasteiger partial charge >= 0.3 is 0 Å². The van der Waals surface area contributed by atoms with Gasteiger partial charge in [0.1, 0.15) is 5.82 Å². The number of fused-ring (bicyclic) bond motifs is 1. The van der Waals surface area contributed by atoms with Gasteiger partial charge < -0.3 is 5.73 Å². The summed E-state index contributed by atoms with van der Waals surface area (Å²) in [5.74, 6) is 1.71. The largest absolute Gasteiger partial charge is 0.321 e. The summed E-state index contributed by atoms with van der Waals surface area (Å²) in [7, 11) is 0. The van der Waals surface area contributed by atoms with Gasteiger partial charge in [0.15, 0.2) is 10.2 Å². The van der Waals surface area contributed by atoms with E-state index in [1.54, 1.807) is 28.4 Å². The lowest BCUT2D eigenvalue weighted by molar-refractivity contribution is 0.485. The van der Waals surface area contributed by atoms with Crippen LogP contribution in [0, 0.1) is 11.7 Å². The molecule has 2 heterocycles. The Kier molecular flexibility index (Phi) is 4.93. The van der Waals surface area contributed by atoms with E-state index in [0.717, 1.165) is 27.0 Å². The topological polar surface area (TPSA) is 69.1 Å². The van der Waals surface area contributed by atoms with Crippen LogP contribution < -0.4 is 5.73 Å². The van der Waals surface area contributed by atoms with Gasteiger partial charge in [-0.2, -0.15) is 4.52 Å². The van der Waals surface area contributed by atoms with Gasteiger partial charge in [-0.1, -0.05) is 49.1 Å². The number of hydrogen-bond acceptors (Lipinski definition) is 6. The number of halogens is 1. The molecule has 8 heteroatoms. The summed E-state index contributed by atoms with van der Waals surface area (Å²) in [5, 5.41) is 12.9. The van der Waals surface area contributed by atoms with Crippen LogP contribution in [0.3, 0.4) is 0 Å². The van der Waals surface area contributed by atoms with Crippen molar-refractivity contribution in [1.82, 2.24) is 19.8 Å². The Bertz CT molecular complexity index is 781. The van der Waals surface area contributed by atoms with Crippen molar-refractivity contribution in [3.05, 3.63) is 41.5 Å². The maximum Gasteiger partial charge on any atom is 0.235 e. The lowest BCUT2D eigenvalue weighted by atomic mass is 10.0. The van der Waals surface area contributed by atoms with Gasteiger partial charge in [-0.05, 0) is 30.0 Å². The molecule has 0 bridgehead atoms. The zero-order chi connectivity index (χ0) is 16.4. The molecule has 0 radical (unpaired) electrons. The summed E-state index contributed by atoms with van der Waals surface area (Å²) >= 11 is 3.09. The summed E-state index contributed by atoms with van der Waals surface area (Å²) in [6.07, 6.45) is 0.844. The zero-order valence-corrected chi connectivity index (χ0v) is 14.6. The van der Waals surface area contributed by atoms with Crippen LogP contribution in [-0.2, 0) is 5.75 Å². The van der Waals surface area contributed by atoms with Crippen LogP contribution in [0.2, 0.25) is 0 Å². The van der Waals surface area contributed by atoms with E-state index in [4.69, 9.17) is 5.73 Å². The maximum atomic E-state index is 12.9. The molecule has 0 aliphatic carbocycles. The number of benzene rings is 1. The third-order valence-electron chi connectivity index (χ3n) is 3.33. The summed E-state index contributed by atoms with van der Waals surface area (Å²) in [5.41, 5.74) is 7.25. The van der Waals surface area contributed by atoms with E-state index in [0.29, 0.717) is 11.7 Å². The number of aromatic nitrogens is 4. The van der Waals surface area contributed by atoms with Crippen LogP contribution in [0.4, 0.5) is 4.39 Å². The van der Waals surface area contributed by atoms with E-state index in [2.05, 4.69) is 29.1 Å². The van der Waals surface area contributed by atoms with Crippen molar-refractivity contribution in [2.45, 2.75) is 36.4 Å². The second-order valence-corrected chi connectivity index (χ2v) is 7.95. The molecule has 0 aliphatic heterocycles. The zero-order valence-electron chi connectivity index (χ0n) is 12.9. The Morgan fingerprint density at radius 1 is 1.26 bits per heavy atom. The fourth-order valence-electron chi connectivity index (χ4n) is 2.24. The highest BCUT2D eigenvalue weighted by atomic mass is 32.2. The van der Waals surface area contributed by atoms with Crippen molar-refractivity contribution in [3.8, 4) is 0 Å². The highest BCUT2D eigenvalue weighted by Gasteiger charge is 2.18. The summed E-state index contributed by atoms with van der Waals surface area (Å²) < 4.78 is 15.6. The minimum absolute atomic E-state index is 0.165. The lowest BCUT2D eigenvalue weighted by Gasteiger charge is -2.10. The third-order valence-corrected chi connectivity index (χ3v) is 5.43. The van der Waals surface area contributed by atoms with Crippen molar-refractivity contribution in [1.29, 1.82) is 0 Å². The van der Waals surface area contributed by atoms with Gasteiger partial charge in [0.25, 0.3) is 0 Å². The third kappa shape index (κ3) is 3.88. The highest BCUT2D eigenvalue weighted by Crippen LogP contribution is 2.29. The number of rotatable bonds is 6.